The zero-order valence-electron chi connectivity index (χ0n) is 16.7. The number of rotatable bonds is 3. The van der Waals surface area contributed by atoms with Crippen molar-refractivity contribution < 1.29 is 18.3 Å². The third kappa shape index (κ3) is 4.28. The summed E-state index contributed by atoms with van der Waals surface area (Å²) < 4.78 is 35.7. The Bertz CT molecular complexity index is 1160. The fourth-order valence-electron chi connectivity index (χ4n) is 4.17. The first-order valence-electron chi connectivity index (χ1n) is 9.96. The number of thiophene rings is 1. The van der Waals surface area contributed by atoms with Crippen molar-refractivity contribution >= 4 is 45.6 Å². The second kappa shape index (κ2) is 9.46. The summed E-state index contributed by atoms with van der Waals surface area (Å²) in [4.78, 5) is 13.6. The first-order chi connectivity index (χ1) is 15.0. The van der Waals surface area contributed by atoms with Gasteiger partial charge in [-0.1, -0.05) is 17.4 Å². The van der Waals surface area contributed by atoms with E-state index in [-0.39, 0.29) is 30.3 Å². The van der Waals surface area contributed by atoms with Crippen LogP contribution in [0.1, 0.15) is 27.6 Å². The van der Waals surface area contributed by atoms with Crippen LogP contribution in [0.4, 0.5) is 8.78 Å². The lowest BCUT2D eigenvalue weighted by Crippen LogP contribution is -2.49. The van der Waals surface area contributed by atoms with Gasteiger partial charge in [0.15, 0.2) is 16.7 Å². The number of halogens is 4. The summed E-state index contributed by atoms with van der Waals surface area (Å²) in [6, 6.07) is 5.53. The first kappa shape index (κ1) is 23.2. The van der Waals surface area contributed by atoms with Crippen LogP contribution in [-0.4, -0.2) is 41.4 Å². The molecule has 0 spiro atoms. The topological polar surface area (TPSA) is 68.2 Å². The summed E-state index contributed by atoms with van der Waals surface area (Å²) in [5.74, 6) is -2.07. The Kier molecular flexibility index (Phi) is 6.85. The van der Waals surface area contributed by atoms with E-state index in [1.807, 2.05) is 10.7 Å². The minimum absolute atomic E-state index is 0. The molecule has 4 heterocycles. The molecule has 2 aliphatic heterocycles. The van der Waals surface area contributed by atoms with Gasteiger partial charge in [0.2, 0.25) is 0 Å². The van der Waals surface area contributed by atoms with Crippen LogP contribution in [0.5, 0.6) is 5.06 Å². The second-order valence-corrected chi connectivity index (χ2v) is 9.45. The molecule has 1 fully saturated rings. The van der Waals surface area contributed by atoms with Crippen molar-refractivity contribution in [1.29, 1.82) is 0 Å². The van der Waals surface area contributed by atoms with Crippen LogP contribution in [0.15, 0.2) is 34.9 Å². The lowest BCUT2D eigenvalue weighted by Gasteiger charge is -2.33. The number of carbonyl (C=O) groups excluding carboxylic acids is 1. The van der Waals surface area contributed by atoms with Crippen LogP contribution in [0, 0.1) is 11.6 Å². The summed E-state index contributed by atoms with van der Waals surface area (Å²) in [5, 5.41) is 11.4. The van der Waals surface area contributed by atoms with Crippen LogP contribution in [0.25, 0.3) is 11.3 Å². The highest BCUT2D eigenvalue weighted by molar-refractivity contribution is 9.10. The van der Waals surface area contributed by atoms with Gasteiger partial charge < -0.3 is 15.4 Å². The quantitative estimate of drug-likeness (QED) is 0.514. The summed E-state index contributed by atoms with van der Waals surface area (Å²) in [6.07, 6.45) is 2.45. The Morgan fingerprint density at radius 3 is 2.97 bits per heavy atom. The van der Waals surface area contributed by atoms with Gasteiger partial charge in [-0.15, -0.1) is 12.4 Å². The van der Waals surface area contributed by atoms with Crippen molar-refractivity contribution in [3.63, 3.8) is 0 Å². The predicted octanol–water partition coefficient (Wildman–Crippen LogP) is 4.34. The number of amides is 1. The van der Waals surface area contributed by atoms with Crippen LogP contribution in [-0.2, 0) is 6.54 Å². The van der Waals surface area contributed by atoms with E-state index in [0.29, 0.717) is 41.6 Å². The third-order valence-corrected chi connectivity index (χ3v) is 7.30. The first-order valence-corrected chi connectivity index (χ1v) is 11.6. The Hall–Kier alpha value is -2.01. The van der Waals surface area contributed by atoms with Gasteiger partial charge in [0.05, 0.1) is 33.3 Å². The van der Waals surface area contributed by atoms with Gasteiger partial charge in [-0.05, 0) is 52.7 Å². The Labute approximate surface area is 201 Å². The van der Waals surface area contributed by atoms with Crippen molar-refractivity contribution in [2.24, 2.45) is 0 Å². The van der Waals surface area contributed by atoms with Crippen molar-refractivity contribution in [2.45, 2.75) is 24.9 Å². The zero-order valence-corrected chi connectivity index (χ0v) is 20.0. The summed E-state index contributed by atoms with van der Waals surface area (Å²) in [6.45, 7) is 2.40. The number of ether oxygens (including phenoxy) is 1. The smallest absolute Gasteiger partial charge is 0.261 e. The van der Waals surface area contributed by atoms with Crippen LogP contribution >= 0.6 is 39.7 Å². The third-order valence-electron chi connectivity index (χ3n) is 5.68. The molecule has 3 aromatic rings. The number of nitrogens with one attached hydrogen (secondary N) is 2. The molecule has 0 unspecified atom stereocenters. The van der Waals surface area contributed by atoms with Crippen LogP contribution < -0.4 is 15.4 Å². The molecule has 1 amide bonds. The summed E-state index contributed by atoms with van der Waals surface area (Å²) >= 11 is 4.82. The predicted molar refractivity (Wildman–Crippen MR) is 124 cm³/mol. The molecule has 2 aliphatic rings. The molecule has 1 aromatic carbocycles. The summed E-state index contributed by atoms with van der Waals surface area (Å²) in [5.41, 5.74) is 2.40. The monoisotopic (exact) mass is 544 g/mol. The largest absolute Gasteiger partial charge is 0.481 e. The lowest BCUT2D eigenvalue weighted by molar-refractivity contribution is 0.0928. The Morgan fingerprint density at radius 1 is 1.31 bits per heavy atom. The van der Waals surface area contributed by atoms with Crippen LogP contribution in [0.3, 0.4) is 0 Å². The Morgan fingerprint density at radius 2 is 2.16 bits per heavy atom. The van der Waals surface area contributed by atoms with Gasteiger partial charge in [-0.2, -0.15) is 5.10 Å². The molecule has 1 saturated heterocycles. The number of nitrogens with zero attached hydrogens (tertiary/aromatic N) is 2. The van der Waals surface area contributed by atoms with E-state index in [2.05, 4.69) is 31.7 Å². The molecule has 2 atom stereocenters. The molecule has 170 valence electrons. The van der Waals surface area contributed by atoms with Gasteiger partial charge in [-0.25, -0.2) is 8.78 Å². The van der Waals surface area contributed by atoms with Crippen molar-refractivity contribution in [3.8, 4) is 16.3 Å². The number of fused-ring (bicyclic) bond motifs is 3. The molecule has 32 heavy (non-hydrogen) atoms. The molecule has 0 aliphatic carbocycles. The average Bonchev–Trinajstić information content (AvgIpc) is 3.29. The van der Waals surface area contributed by atoms with Crippen molar-refractivity contribution in [1.82, 2.24) is 20.4 Å². The van der Waals surface area contributed by atoms with E-state index in [0.717, 1.165) is 28.3 Å². The molecule has 0 radical (unpaired) electrons. The maximum Gasteiger partial charge on any atom is 0.261 e. The zero-order chi connectivity index (χ0) is 21.5. The second-order valence-electron chi connectivity index (χ2n) is 7.58. The maximum atomic E-state index is 13.8. The van der Waals surface area contributed by atoms with Crippen molar-refractivity contribution in [3.05, 3.63) is 57.0 Å². The molecule has 0 saturated carbocycles. The van der Waals surface area contributed by atoms with E-state index in [1.54, 1.807) is 12.3 Å². The van der Waals surface area contributed by atoms with Gasteiger partial charge in [0, 0.05) is 18.5 Å². The highest BCUT2D eigenvalue weighted by atomic mass is 79.9. The molecule has 6 nitrogen and oxygen atoms in total. The molecule has 11 heteroatoms. The minimum atomic E-state index is -0.873. The van der Waals surface area contributed by atoms with Crippen molar-refractivity contribution in [2.75, 3.05) is 19.7 Å². The standard InChI is InChI=1S/C21H19BrF2N4O2S.ClH/c22-14-9-26-28-5-6-30-21-13(19(14)28)8-18(31-21)20(29)27-17-10-25-4-3-12(17)11-1-2-15(23)16(24)7-11;/h1-2,7-9,12,17,25H,3-6,10H2,(H,27,29);1H/t12-,17+;/m0./s1. The number of benzene rings is 1. The molecule has 5 rings (SSSR count). The number of hydrogen-bond acceptors (Lipinski definition) is 5. The fourth-order valence-corrected chi connectivity index (χ4v) is 5.62. The van der Waals surface area contributed by atoms with E-state index in [4.69, 9.17) is 4.74 Å². The summed E-state index contributed by atoms with van der Waals surface area (Å²) in [7, 11) is 0. The lowest BCUT2D eigenvalue weighted by atomic mass is 9.86. The highest BCUT2D eigenvalue weighted by Crippen LogP contribution is 2.42. The molecular weight excluding hydrogens is 526 g/mol. The average molecular weight is 546 g/mol. The van der Waals surface area contributed by atoms with Gasteiger partial charge in [0.1, 0.15) is 6.61 Å². The fraction of sp³-hybridized carbons (Fsp3) is 0.333. The van der Waals surface area contributed by atoms with E-state index >= 15 is 0 Å². The number of piperidine rings is 1. The Balaban J connectivity index is 0.00000245. The number of carbonyl (C=O) groups is 1. The number of hydrogen-bond donors (Lipinski definition) is 2. The van der Waals surface area contributed by atoms with Gasteiger partial charge in [-0.3, -0.25) is 9.48 Å². The van der Waals surface area contributed by atoms with E-state index < -0.39 is 11.6 Å². The molecule has 0 bridgehead atoms. The van der Waals surface area contributed by atoms with E-state index in [1.165, 1.54) is 17.4 Å². The maximum absolute atomic E-state index is 13.8. The molecule has 2 aromatic heterocycles. The SMILES string of the molecule is Cl.O=C(N[C@@H]1CNCC[C@H]1c1ccc(F)c(F)c1)c1cc2c(s1)OCCn1ncc(Br)c1-2. The normalized spacial score (nSPS) is 19.7. The highest BCUT2D eigenvalue weighted by Gasteiger charge is 2.30. The van der Waals surface area contributed by atoms with Gasteiger partial charge >= 0.3 is 0 Å². The molecular formula is C21H20BrClF2N4O2S. The van der Waals surface area contributed by atoms with E-state index in [9.17, 15) is 13.6 Å². The van der Waals surface area contributed by atoms with Gasteiger partial charge in [0.25, 0.3) is 5.91 Å². The minimum Gasteiger partial charge on any atom is -0.481 e. The number of aromatic nitrogens is 2. The molecule has 2 N–H and O–H groups in total. The van der Waals surface area contributed by atoms with Crippen LogP contribution in [0.2, 0.25) is 0 Å².